The Morgan fingerprint density at radius 2 is 1.76 bits per heavy atom. The number of methoxy groups -OCH3 is 1. The van der Waals surface area contributed by atoms with Gasteiger partial charge in [0.2, 0.25) is 5.91 Å². The van der Waals surface area contributed by atoms with Crippen molar-refractivity contribution in [1.82, 2.24) is 0 Å². The predicted molar refractivity (Wildman–Crippen MR) is 92.8 cm³/mol. The lowest BCUT2D eigenvalue weighted by atomic mass is 10.1. The van der Waals surface area contributed by atoms with Crippen molar-refractivity contribution in [3.8, 4) is 5.75 Å². The molecule has 0 spiro atoms. The Bertz CT molecular complexity index is 830. The number of nitrogens with one attached hydrogen (secondary N) is 2. The highest BCUT2D eigenvalue weighted by Crippen LogP contribution is 2.20. The highest BCUT2D eigenvalue weighted by Gasteiger charge is 2.13. The number of aliphatic carboxylic acids is 1. The standard InChI is InChI=1S/C18H16N2O5/c1-25-13-6-4-5-12(11-13)19-18(24)14-7-2-3-8-15(14)20-16(21)9-10-17(22)23/h2-11H,1H3,(H,19,24)(H,20,21)(H,22,23). The van der Waals surface area contributed by atoms with Gasteiger partial charge in [0.25, 0.3) is 5.91 Å². The zero-order valence-corrected chi connectivity index (χ0v) is 13.4. The van der Waals surface area contributed by atoms with Crippen LogP contribution >= 0.6 is 0 Å². The summed E-state index contributed by atoms with van der Waals surface area (Å²) in [6, 6.07) is 13.3. The Kier molecular flexibility index (Phi) is 5.89. The molecule has 7 heteroatoms. The normalized spacial score (nSPS) is 10.3. The first-order valence-electron chi connectivity index (χ1n) is 7.26. The topological polar surface area (TPSA) is 105 Å². The summed E-state index contributed by atoms with van der Waals surface area (Å²) in [7, 11) is 1.52. The van der Waals surface area contributed by atoms with Gasteiger partial charge in [-0.15, -0.1) is 0 Å². The van der Waals surface area contributed by atoms with E-state index < -0.39 is 17.8 Å². The van der Waals surface area contributed by atoms with E-state index >= 15 is 0 Å². The Labute approximate surface area is 143 Å². The number of anilines is 2. The van der Waals surface area contributed by atoms with Gasteiger partial charge in [-0.1, -0.05) is 18.2 Å². The van der Waals surface area contributed by atoms with E-state index in [0.717, 1.165) is 6.08 Å². The summed E-state index contributed by atoms with van der Waals surface area (Å²) < 4.78 is 5.10. The number of rotatable bonds is 6. The van der Waals surface area contributed by atoms with Crippen LogP contribution in [0.15, 0.2) is 60.7 Å². The van der Waals surface area contributed by atoms with E-state index in [1.54, 1.807) is 48.5 Å². The number of carbonyl (C=O) groups is 3. The van der Waals surface area contributed by atoms with Gasteiger partial charge in [0, 0.05) is 23.9 Å². The fourth-order valence-corrected chi connectivity index (χ4v) is 2.01. The van der Waals surface area contributed by atoms with Crippen LogP contribution in [0.25, 0.3) is 0 Å². The minimum atomic E-state index is -1.24. The van der Waals surface area contributed by atoms with Gasteiger partial charge in [0.15, 0.2) is 0 Å². The molecule has 2 amide bonds. The number of benzene rings is 2. The van der Waals surface area contributed by atoms with E-state index in [2.05, 4.69) is 10.6 Å². The SMILES string of the molecule is COc1cccc(NC(=O)c2ccccc2NC(=O)C=CC(=O)O)c1. The molecule has 0 bridgehead atoms. The number of hydrogen-bond acceptors (Lipinski definition) is 4. The van der Waals surface area contributed by atoms with Crippen LogP contribution in [0, 0.1) is 0 Å². The number of amides is 2. The molecule has 3 N–H and O–H groups in total. The second-order valence-corrected chi connectivity index (χ2v) is 4.89. The van der Waals surface area contributed by atoms with Crippen molar-refractivity contribution >= 4 is 29.2 Å². The molecular weight excluding hydrogens is 324 g/mol. The fourth-order valence-electron chi connectivity index (χ4n) is 2.01. The third kappa shape index (κ3) is 5.21. The molecule has 0 unspecified atom stereocenters. The van der Waals surface area contributed by atoms with Crippen molar-refractivity contribution in [3.05, 3.63) is 66.2 Å². The molecule has 0 heterocycles. The number of para-hydroxylation sites is 1. The average molecular weight is 340 g/mol. The maximum absolute atomic E-state index is 12.5. The van der Waals surface area contributed by atoms with Gasteiger partial charge < -0.3 is 20.5 Å². The largest absolute Gasteiger partial charge is 0.497 e. The molecule has 0 aliphatic heterocycles. The first-order valence-corrected chi connectivity index (χ1v) is 7.26. The van der Waals surface area contributed by atoms with Crippen LogP contribution in [0.2, 0.25) is 0 Å². The zero-order valence-electron chi connectivity index (χ0n) is 13.4. The van der Waals surface area contributed by atoms with Crippen molar-refractivity contribution in [3.63, 3.8) is 0 Å². The Morgan fingerprint density at radius 1 is 1.00 bits per heavy atom. The second kappa shape index (κ2) is 8.30. The first kappa shape index (κ1) is 17.7. The molecule has 25 heavy (non-hydrogen) atoms. The Hall–Kier alpha value is -3.61. The molecule has 0 aliphatic rings. The minimum absolute atomic E-state index is 0.238. The lowest BCUT2D eigenvalue weighted by molar-refractivity contribution is -0.131. The second-order valence-electron chi connectivity index (χ2n) is 4.89. The van der Waals surface area contributed by atoms with E-state index in [1.165, 1.54) is 7.11 Å². The Morgan fingerprint density at radius 3 is 2.48 bits per heavy atom. The van der Waals surface area contributed by atoms with Crippen LogP contribution < -0.4 is 15.4 Å². The van der Waals surface area contributed by atoms with E-state index in [0.29, 0.717) is 17.5 Å². The molecule has 0 fully saturated rings. The maximum atomic E-state index is 12.5. The third-order valence-electron chi connectivity index (χ3n) is 3.13. The maximum Gasteiger partial charge on any atom is 0.328 e. The van der Waals surface area contributed by atoms with E-state index in [9.17, 15) is 14.4 Å². The molecule has 0 saturated heterocycles. The summed E-state index contributed by atoms with van der Waals surface area (Å²) in [5.74, 6) is -1.72. The third-order valence-corrected chi connectivity index (χ3v) is 3.13. The van der Waals surface area contributed by atoms with Crippen LogP contribution in [0.4, 0.5) is 11.4 Å². The number of carbonyl (C=O) groups excluding carboxylic acids is 2. The van der Waals surface area contributed by atoms with Crippen molar-refractivity contribution in [1.29, 1.82) is 0 Å². The van der Waals surface area contributed by atoms with E-state index in [4.69, 9.17) is 9.84 Å². The van der Waals surface area contributed by atoms with E-state index in [-0.39, 0.29) is 11.3 Å². The minimum Gasteiger partial charge on any atom is -0.497 e. The van der Waals surface area contributed by atoms with Gasteiger partial charge in [-0.2, -0.15) is 0 Å². The molecule has 0 radical (unpaired) electrons. The molecule has 0 saturated carbocycles. The molecule has 0 aromatic heterocycles. The fraction of sp³-hybridized carbons (Fsp3) is 0.0556. The van der Waals surface area contributed by atoms with Gasteiger partial charge in [0.1, 0.15) is 5.75 Å². The summed E-state index contributed by atoms with van der Waals surface area (Å²) >= 11 is 0. The molecule has 2 rings (SSSR count). The first-order chi connectivity index (χ1) is 12.0. The van der Waals surface area contributed by atoms with Gasteiger partial charge in [-0.3, -0.25) is 9.59 Å². The molecule has 7 nitrogen and oxygen atoms in total. The molecule has 128 valence electrons. The van der Waals surface area contributed by atoms with Crippen LogP contribution in [-0.4, -0.2) is 30.0 Å². The molecule has 0 aliphatic carbocycles. The summed E-state index contributed by atoms with van der Waals surface area (Å²) in [5, 5.41) is 13.7. The highest BCUT2D eigenvalue weighted by molar-refractivity contribution is 6.11. The number of ether oxygens (including phenoxy) is 1. The van der Waals surface area contributed by atoms with Crippen LogP contribution in [0.3, 0.4) is 0 Å². The zero-order chi connectivity index (χ0) is 18.2. The molecular formula is C18H16N2O5. The van der Waals surface area contributed by atoms with Gasteiger partial charge in [-0.25, -0.2) is 4.79 Å². The lowest BCUT2D eigenvalue weighted by Gasteiger charge is -2.11. The van der Waals surface area contributed by atoms with Crippen LogP contribution in [0.5, 0.6) is 5.75 Å². The van der Waals surface area contributed by atoms with Gasteiger partial charge in [0.05, 0.1) is 18.4 Å². The van der Waals surface area contributed by atoms with E-state index in [1.807, 2.05) is 0 Å². The Balaban J connectivity index is 2.17. The molecule has 0 atom stereocenters. The summed E-state index contributed by atoms with van der Waals surface area (Å²) in [6.07, 6.45) is 1.59. The van der Waals surface area contributed by atoms with Crippen molar-refractivity contribution in [2.24, 2.45) is 0 Å². The number of carboxylic acids is 1. The summed E-state index contributed by atoms with van der Waals surface area (Å²) in [5.41, 5.74) is 1.04. The smallest absolute Gasteiger partial charge is 0.328 e. The van der Waals surface area contributed by atoms with Crippen LogP contribution in [0.1, 0.15) is 10.4 Å². The summed E-state index contributed by atoms with van der Waals surface area (Å²) in [4.78, 5) is 34.6. The monoisotopic (exact) mass is 340 g/mol. The summed E-state index contributed by atoms with van der Waals surface area (Å²) in [6.45, 7) is 0. The van der Waals surface area contributed by atoms with Gasteiger partial charge >= 0.3 is 5.97 Å². The number of hydrogen-bond donors (Lipinski definition) is 3. The number of carboxylic acid groups (broad SMARTS) is 1. The van der Waals surface area contributed by atoms with Crippen LogP contribution in [-0.2, 0) is 9.59 Å². The predicted octanol–water partition coefficient (Wildman–Crippen LogP) is 2.53. The van der Waals surface area contributed by atoms with Gasteiger partial charge in [-0.05, 0) is 24.3 Å². The molecule has 2 aromatic carbocycles. The molecule has 2 aromatic rings. The lowest BCUT2D eigenvalue weighted by Crippen LogP contribution is -2.17. The average Bonchev–Trinajstić information content (AvgIpc) is 2.60. The van der Waals surface area contributed by atoms with Crippen molar-refractivity contribution < 1.29 is 24.2 Å². The van der Waals surface area contributed by atoms with Crippen molar-refractivity contribution in [2.45, 2.75) is 0 Å². The quantitative estimate of drug-likeness (QED) is 0.701. The van der Waals surface area contributed by atoms with Crippen molar-refractivity contribution in [2.75, 3.05) is 17.7 Å². The highest BCUT2D eigenvalue weighted by atomic mass is 16.5.